The van der Waals surface area contributed by atoms with Gasteiger partial charge >= 0.3 is 18.5 Å². The molecule has 0 spiro atoms. The summed E-state index contributed by atoms with van der Waals surface area (Å²) in [5, 5.41) is 2.05. The van der Waals surface area contributed by atoms with Gasteiger partial charge < -0.3 is 15.0 Å². The van der Waals surface area contributed by atoms with Crippen LogP contribution in [0, 0.1) is 0 Å². The quantitative estimate of drug-likeness (QED) is 0.604. The Balaban J connectivity index is 1.96. The molecule has 180 valence electrons. The number of nitrogens with one attached hydrogen (secondary N) is 1. The average molecular weight is 500 g/mol. The zero-order valence-electron chi connectivity index (χ0n) is 16.6. The van der Waals surface area contributed by atoms with E-state index in [4.69, 9.17) is 4.74 Å². The summed E-state index contributed by atoms with van der Waals surface area (Å²) in [6.45, 7) is -2.02. The van der Waals surface area contributed by atoms with E-state index < -0.39 is 57.9 Å². The number of hydrogen-bond acceptors (Lipinski definition) is 5. The van der Waals surface area contributed by atoms with Gasteiger partial charge in [0.25, 0.3) is 5.91 Å². The van der Waals surface area contributed by atoms with Crippen molar-refractivity contribution in [3.8, 4) is 5.75 Å². The van der Waals surface area contributed by atoms with E-state index in [-0.39, 0.29) is 17.0 Å². The Labute approximate surface area is 182 Å². The van der Waals surface area contributed by atoms with Gasteiger partial charge in [-0.15, -0.1) is 0 Å². The monoisotopic (exact) mass is 500 g/mol. The van der Waals surface area contributed by atoms with E-state index in [0.717, 1.165) is 47.8 Å². The first-order valence-electron chi connectivity index (χ1n) is 9.00. The highest BCUT2D eigenvalue weighted by Crippen LogP contribution is 2.34. The van der Waals surface area contributed by atoms with Crippen molar-refractivity contribution in [3.05, 3.63) is 59.1 Å². The molecule has 0 bridgehead atoms. The van der Waals surface area contributed by atoms with Crippen LogP contribution in [0.4, 0.5) is 30.7 Å². The SMILES string of the molecule is CS(=O)(=O)c1ccc(OCC(F)(F)C(F)F)c(C(=O)N2C=C3C=C(C(F)(F)F)NC=C3C2)c1. The van der Waals surface area contributed by atoms with Crippen molar-refractivity contribution in [1.82, 2.24) is 10.2 Å². The highest BCUT2D eigenvalue weighted by molar-refractivity contribution is 7.90. The van der Waals surface area contributed by atoms with Crippen LogP contribution in [0.2, 0.25) is 0 Å². The molecule has 0 saturated heterocycles. The summed E-state index contributed by atoms with van der Waals surface area (Å²) in [5.74, 6) is -6.14. The first-order chi connectivity index (χ1) is 15.1. The lowest BCUT2D eigenvalue weighted by Crippen LogP contribution is -2.34. The minimum absolute atomic E-state index is 0.0420. The Bertz CT molecular complexity index is 1170. The summed E-state index contributed by atoms with van der Waals surface area (Å²) in [4.78, 5) is 13.5. The molecule has 0 unspecified atom stereocenters. The lowest BCUT2D eigenvalue weighted by Gasteiger charge is -2.20. The summed E-state index contributed by atoms with van der Waals surface area (Å²) in [5.41, 5.74) is -1.29. The summed E-state index contributed by atoms with van der Waals surface area (Å²) < 4.78 is 119. The van der Waals surface area contributed by atoms with Gasteiger partial charge in [-0.05, 0) is 35.4 Å². The summed E-state index contributed by atoms with van der Waals surface area (Å²) >= 11 is 0. The number of allylic oxidation sites excluding steroid dienone is 2. The Hall–Kier alpha value is -3.03. The van der Waals surface area contributed by atoms with Crippen molar-refractivity contribution >= 4 is 15.7 Å². The third kappa shape index (κ3) is 5.31. The van der Waals surface area contributed by atoms with Gasteiger partial charge in [0.15, 0.2) is 16.4 Å². The Morgan fingerprint density at radius 1 is 1.21 bits per heavy atom. The van der Waals surface area contributed by atoms with E-state index in [0.29, 0.717) is 5.57 Å². The van der Waals surface area contributed by atoms with Crippen LogP contribution in [-0.4, -0.2) is 57.2 Å². The minimum Gasteiger partial charge on any atom is -0.486 e. The molecule has 3 rings (SSSR count). The molecular weight excluding hydrogens is 485 g/mol. The van der Waals surface area contributed by atoms with Gasteiger partial charge in [-0.2, -0.15) is 22.0 Å². The lowest BCUT2D eigenvalue weighted by atomic mass is 10.1. The average Bonchev–Trinajstić information content (AvgIpc) is 3.13. The van der Waals surface area contributed by atoms with Crippen LogP contribution in [0.5, 0.6) is 5.75 Å². The van der Waals surface area contributed by atoms with Gasteiger partial charge in [-0.25, -0.2) is 17.2 Å². The van der Waals surface area contributed by atoms with Gasteiger partial charge in [0.2, 0.25) is 0 Å². The van der Waals surface area contributed by atoms with Gasteiger partial charge in [-0.3, -0.25) is 4.79 Å². The van der Waals surface area contributed by atoms with Crippen molar-refractivity contribution < 1.29 is 48.7 Å². The predicted molar refractivity (Wildman–Crippen MR) is 100 cm³/mol. The maximum Gasteiger partial charge on any atom is 0.431 e. The molecule has 2 heterocycles. The molecule has 2 aliphatic rings. The molecule has 14 heteroatoms. The minimum atomic E-state index is -4.68. The molecule has 0 atom stereocenters. The van der Waals surface area contributed by atoms with Crippen LogP contribution in [0.1, 0.15) is 10.4 Å². The molecule has 33 heavy (non-hydrogen) atoms. The highest BCUT2D eigenvalue weighted by atomic mass is 32.2. The van der Waals surface area contributed by atoms with Gasteiger partial charge in [0, 0.05) is 18.7 Å². The fourth-order valence-corrected chi connectivity index (χ4v) is 3.56. The van der Waals surface area contributed by atoms with E-state index in [1.807, 2.05) is 0 Å². The summed E-state index contributed by atoms with van der Waals surface area (Å²) in [6.07, 6.45) is -5.06. The van der Waals surface area contributed by atoms with Crippen molar-refractivity contribution in [2.24, 2.45) is 0 Å². The molecule has 0 aromatic heterocycles. The van der Waals surface area contributed by atoms with Crippen LogP contribution >= 0.6 is 0 Å². The lowest BCUT2D eigenvalue weighted by molar-refractivity contribution is -0.148. The number of nitrogens with zero attached hydrogens (tertiary/aromatic N) is 1. The second-order valence-electron chi connectivity index (χ2n) is 7.17. The van der Waals surface area contributed by atoms with Gasteiger partial charge in [0.1, 0.15) is 11.4 Å². The zero-order valence-corrected chi connectivity index (χ0v) is 17.4. The van der Waals surface area contributed by atoms with Crippen molar-refractivity contribution in [3.63, 3.8) is 0 Å². The molecule has 1 aromatic rings. The molecule has 0 fully saturated rings. The van der Waals surface area contributed by atoms with Crippen LogP contribution in [0.3, 0.4) is 0 Å². The Morgan fingerprint density at radius 3 is 2.45 bits per heavy atom. The summed E-state index contributed by atoms with van der Waals surface area (Å²) in [6, 6.07) is 2.62. The van der Waals surface area contributed by atoms with E-state index in [2.05, 4.69) is 5.32 Å². The number of ether oxygens (including phenoxy) is 1. The number of hydrogen-bond donors (Lipinski definition) is 1. The molecule has 2 aliphatic heterocycles. The normalized spacial score (nSPS) is 16.6. The number of carbonyl (C=O) groups excluding carboxylic acids is 1. The topological polar surface area (TPSA) is 75.7 Å². The summed E-state index contributed by atoms with van der Waals surface area (Å²) in [7, 11) is -3.87. The van der Waals surface area contributed by atoms with Crippen LogP contribution in [-0.2, 0) is 9.84 Å². The Kier molecular flexibility index (Phi) is 6.26. The number of rotatable bonds is 6. The number of fused-ring (bicyclic) bond motifs is 1. The number of halogens is 7. The van der Waals surface area contributed by atoms with Crippen molar-refractivity contribution in [2.45, 2.75) is 23.4 Å². The molecule has 1 amide bonds. The second kappa shape index (κ2) is 8.39. The highest BCUT2D eigenvalue weighted by Gasteiger charge is 2.42. The fraction of sp³-hybridized carbons (Fsp3) is 0.316. The molecule has 0 radical (unpaired) electrons. The molecule has 0 aliphatic carbocycles. The molecule has 1 N–H and O–H groups in total. The molecular formula is C19H15F7N2O4S. The number of benzene rings is 1. The predicted octanol–water partition coefficient (Wildman–Crippen LogP) is 3.64. The van der Waals surface area contributed by atoms with E-state index in [9.17, 15) is 43.9 Å². The number of amides is 1. The third-order valence-electron chi connectivity index (χ3n) is 4.62. The fourth-order valence-electron chi connectivity index (χ4n) is 2.91. The van der Waals surface area contributed by atoms with Crippen molar-refractivity contribution in [2.75, 3.05) is 19.4 Å². The first-order valence-corrected chi connectivity index (χ1v) is 10.9. The maximum absolute atomic E-state index is 13.3. The van der Waals surface area contributed by atoms with Gasteiger partial charge in [0.05, 0.1) is 17.0 Å². The van der Waals surface area contributed by atoms with Crippen LogP contribution in [0.25, 0.3) is 0 Å². The molecule has 0 saturated carbocycles. The number of dihydropyridines is 1. The smallest absolute Gasteiger partial charge is 0.431 e. The number of carbonyl (C=O) groups is 1. The maximum atomic E-state index is 13.3. The van der Waals surface area contributed by atoms with E-state index in [1.54, 1.807) is 0 Å². The van der Waals surface area contributed by atoms with E-state index >= 15 is 0 Å². The second-order valence-corrected chi connectivity index (χ2v) is 9.18. The first kappa shape index (κ1) is 24.6. The standard InChI is InChI=1S/C19H15F7N2O4S/c1-33(30,31)12-2-3-14(32-9-18(22,23)17(20)21)13(5-12)16(29)28-7-10-4-15(19(24,25)26)27-6-11(10)8-28/h2-7,17,27H,8-9H2,1H3. The van der Waals surface area contributed by atoms with E-state index in [1.165, 1.54) is 0 Å². The largest absolute Gasteiger partial charge is 0.486 e. The molecule has 6 nitrogen and oxygen atoms in total. The van der Waals surface area contributed by atoms with Crippen LogP contribution < -0.4 is 10.1 Å². The molecule has 1 aromatic carbocycles. The number of sulfone groups is 1. The Morgan fingerprint density at radius 2 is 1.88 bits per heavy atom. The van der Waals surface area contributed by atoms with Gasteiger partial charge in [-0.1, -0.05) is 0 Å². The van der Waals surface area contributed by atoms with Crippen LogP contribution in [0.15, 0.2) is 58.4 Å². The third-order valence-corrected chi connectivity index (χ3v) is 5.73. The van der Waals surface area contributed by atoms with Crippen molar-refractivity contribution in [1.29, 1.82) is 0 Å². The number of alkyl halides is 7. The zero-order chi connectivity index (χ0) is 24.8.